The number of anilines is 1. The van der Waals surface area contributed by atoms with Crippen molar-refractivity contribution in [2.75, 3.05) is 5.32 Å². The largest absolute Gasteiger partial charge is 0.481 e. The number of aliphatic hydroxyl groups excluding tert-OH is 1. The summed E-state index contributed by atoms with van der Waals surface area (Å²) < 4.78 is 15.0. The molecule has 3 aromatic rings. The predicted molar refractivity (Wildman–Crippen MR) is 122 cm³/mol. The van der Waals surface area contributed by atoms with Gasteiger partial charge in [0, 0.05) is 11.5 Å². The third kappa shape index (κ3) is 3.86. The first-order valence-corrected chi connectivity index (χ1v) is 11.2. The van der Waals surface area contributed by atoms with E-state index >= 15 is 0 Å². The lowest BCUT2D eigenvalue weighted by Gasteiger charge is -2.19. The van der Waals surface area contributed by atoms with Crippen molar-refractivity contribution in [2.24, 2.45) is 5.92 Å². The highest BCUT2D eigenvalue weighted by Crippen LogP contribution is 2.47. The van der Waals surface area contributed by atoms with Gasteiger partial charge in [-0.15, -0.1) is 0 Å². The topological polar surface area (TPSA) is 95.3 Å². The second kappa shape index (κ2) is 8.23. The van der Waals surface area contributed by atoms with Crippen LogP contribution in [0, 0.1) is 25.6 Å². The molecule has 33 heavy (non-hydrogen) atoms. The van der Waals surface area contributed by atoms with E-state index in [0.29, 0.717) is 23.5 Å². The molecule has 1 heterocycles. The standard InChI is InChI=1S/C26H26FN3O3/c1-13-7-15(12-31)8-14(2)24(13)16-3-5-20(27)25-17(16)4-6-21(25)30-23-11-28-22(10-29-23)18-9-19(18)26(32)33/h3,5,7-8,10-11,18-19,21,31H,4,6,9,12H2,1-2H3,(H,29,30)(H,32,33)/t18-,19-,21+/m0/s1. The number of aliphatic hydroxyl groups is 1. The Morgan fingerprint density at radius 1 is 1.18 bits per heavy atom. The lowest BCUT2D eigenvalue weighted by molar-refractivity contribution is -0.138. The number of benzene rings is 2. The minimum Gasteiger partial charge on any atom is -0.481 e. The van der Waals surface area contributed by atoms with Crippen LogP contribution in [0.3, 0.4) is 0 Å². The number of halogens is 1. The summed E-state index contributed by atoms with van der Waals surface area (Å²) in [6, 6.07) is 7.13. The highest BCUT2D eigenvalue weighted by atomic mass is 19.1. The number of hydrogen-bond donors (Lipinski definition) is 3. The Morgan fingerprint density at radius 2 is 1.94 bits per heavy atom. The van der Waals surface area contributed by atoms with E-state index < -0.39 is 5.97 Å². The molecular weight excluding hydrogens is 421 g/mol. The number of carboxylic acids is 1. The van der Waals surface area contributed by atoms with Crippen LogP contribution in [0.15, 0.2) is 36.7 Å². The van der Waals surface area contributed by atoms with Crippen molar-refractivity contribution >= 4 is 11.8 Å². The number of aryl methyl sites for hydroxylation is 2. The van der Waals surface area contributed by atoms with Gasteiger partial charge in [-0.25, -0.2) is 9.37 Å². The first-order valence-electron chi connectivity index (χ1n) is 11.2. The lowest BCUT2D eigenvalue weighted by atomic mass is 9.89. The van der Waals surface area contributed by atoms with Crippen molar-refractivity contribution < 1.29 is 19.4 Å². The lowest BCUT2D eigenvalue weighted by Crippen LogP contribution is -2.11. The summed E-state index contributed by atoms with van der Waals surface area (Å²) in [5.41, 5.74) is 7.46. The van der Waals surface area contributed by atoms with Crippen LogP contribution in [0.4, 0.5) is 10.2 Å². The molecule has 3 atom stereocenters. The normalized spacial score (nSPS) is 21.0. The molecule has 0 amide bonds. The van der Waals surface area contributed by atoms with Gasteiger partial charge in [0.05, 0.1) is 36.7 Å². The highest BCUT2D eigenvalue weighted by molar-refractivity contribution is 5.76. The molecule has 7 heteroatoms. The van der Waals surface area contributed by atoms with Crippen LogP contribution >= 0.6 is 0 Å². The fourth-order valence-electron chi connectivity index (χ4n) is 5.24. The van der Waals surface area contributed by atoms with Gasteiger partial charge >= 0.3 is 5.97 Å². The van der Waals surface area contributed by atoms with Crippen molar-refractivity contribution in [3.63, 3.8) is 0 Å². The van der Waals surface area contributed by atoms with Crippen molar-refractivity contribution in [2.45, 2.75) is 51.7 Å². The maximum Gasteiger partial charge on any atom is 0.307 e. The molecular formula is C26H26FN3O3. The molecule has 1 fully saturated rings. The zero-order valence-electron chi connectivity index (χ0n) is 18.6. The number of aromatic nitrogens is 2. The van der Waals surface area contributed by atoms with Gasteiger partial charge < -0.3 is 15.5 Å². The fraction of sp³-hybridized carbons (Fsp3) is 0.346. The molecule has 1 saturated carbocycles. The van der Waals surface area contributed by atoms with E-state index in [0.717, 1.165) is 46.2 Å². The van der Waals surface area contributed by atoms with Crippen LogP contribution in [0.25, 0.3) is 11.1 Å². The number of carboxylic acid groups (broad SMARTS) is 1. The number of rotatable bonds is 6. The van der Waals surface area contributed by atoms with E-state index in [-0.39, 0.29) is 30.3 Å². The molecule has 0 radical (unpaired) electrons. The Hall–Kier alpha value is -3.32. The quantitative estimate of drug-likeness (QED) is 0.508. The molecule has 170 valence electrons. The Labute approximate surface area is 191 Å². The van der Waals surface area contributed by atoms with Crippen LogP contribution in [-0.2, 0) is 17.8 Å². The van der Waals surface area contributed by atoms with E-state index in [4.69, 9.17) is 5.11 Å². The molecule has 0 unspecified atom stereocenters. The van der Waals surface area contributed by atoms with Gasteiger partial charge in [0.1, 0.15) is 11.6 Å². The molecule has 1 aromatic heterocycles. The van der Waals surface area contributed by atoms with Gasteiger partial charge in [0.2, 0.25) is 0 Å². The van der Waals surface area contributed by atoms with Crippen LogP contribution in [-0.4, -0.2) is 26.2 Å². The smallest absolute Gasteiger partial charge is 0.307 e. The van der Waals surface area contributed by atoms with Gasteiger partial charge in [-0.05, 0) is 72.6 Å². The second-order valence-corrected chi connectivity index (χ2v) is 9.10. The minimum atomic E-state index is -0.797. The molecule has 3 N–H and O–H groups in total. The maximum absolute atomic E-state index is 15.0. The Bertz CT molecular complexity index is 1220. The molecule has 0 saturated heterocycles. The van der Waals surface area contributed by atoms with Crippen molar-refractivity contribution in [1.29, 1.82) is 0 Å². The highest BCUT2D eigenvalue weighted by Gasteiger charge is 2.45. The summed E-state index contributed by atoms with van der Waals surface area (Å²) in [6.07, 6.45) is 5.30. The average molecular weight is 448 g/mol. The zero-order valence-corrected chi connectivity index (χ0v) is 18.6. The van der Waals surface area contributed by atoms with Crippen molar-refractivity contribution in [1.82, 2.24) is 9.97 Å². The Morgan fingerprint density at radius 3 is 2.55 bits per heavy atom. The summed E-state index contributed by atoms with van der Waals surface area (Å²) in [5.74, 6) is -0.925. The van der Waals surface area contributed by atoms with E-state index in [1.165, 1.54) is 6.07 Å². The first kappa shape index (κ1) is 21.5. The monoisotopic (exact) mass is 447 g/mol. The number of fused-ring (bicyclic) bond motifs is 1. The van der Waals surface area contributed by atoms with E-state index in [9.17, 15) is 14.3 Å². The Kier molecular flexibility index (Phi) is 5.37. The SMILES string of the molecule is Cc1cc(CO)cc(C)c1-c1ccc(F)c2c1CC[C@H]2Nc1cnc([C@H]2C[C@@H]2C(=O)O)cn1. The number of hydrogen-bond acceptors (Lipinski definition) is 5. The third-order valence-corrected chi connectivity index (χ3v) is 6.86. The zero-order chi connectivity index (χ0) is 23.3. The minimum absolute atomic E-state index is 0.00693. The van der Waals surface area contributed by atoms with E-state index in [1.54, 1.807) is 12.4 Å². The fourth-order valence-corrected chi connectivity index (χ4v) is 5.24. The number of nitrogens with one attached hydrogen (secondary N) is 1. The van der Waals surface area contributed by atoms with Gasteiger partial charge in [-0.2, -0.15) is 0 Å². The number of nitrogens with zero attached hydrogens (tertiary/aromatic N) is 2. The summed E-state index contributed by atoms with van der Waals surface area (Å²) in [5, 5.41) is 21.9. The van der Waals surface area contributed by atoms with Gasteiger partial charge in [0.15, 0.2) is 0 Å². The molecule has 0 bridgehead atoms. The Balaban J connectivity index is 1.42. The van der Waals surface area contributed by atoms with Crippen molar-refractivity contribution in [3.8, 4) is 11.1 Å². The first-order chi connectivity index (χ1) is 15.9. The molecule has 0 aliphatic heterocycles. The number of aliphatic carboxylic acids is 1. The second-order valence-electron chi connectivity index (χ2n) is 9.10. The van der Waals surface area contributed by atoms with Crippen LogP contribution < -0.4 is 5.32 Å². The molecule has 5 rings (SSSR count). The van der Waals surface area contributed by atoms with Crippen LogP contribution in [0.1, 0.15) is 58.3 Å². The molecule has 6 nitrogen and oxygen atoms in total. The molecule has 2 aliphatic carbocycles. The van der Waals surface area contributed by atoms with Crippen LogP contribution in [0.2, 0.25) is 0 Å². The van der Waals surface area contributed by atoms with Gasteiger partial charge in [0.25, 0.3) is 0 Å². The molecule has 2 aliphatic rings. The number of carbonyl (C=O) groups is 1. The van der Waals surface area contributed by atoms with E-state index in [1.807, 2.05) is 32.0 Å². The third-order valence-electron chi connectivity index (χ3n) is 6.86. The summed E-state index contributed by atoms with van der Waals surface area (Å²) in [4.78, 5) is 19.9. The molecule has 2 aromatic carbocycles. The van der Waals surface area contributed by atoms with E-state index in [2.05, 4.69) is 15.3 Å². The predicted octanol–water partition coefficient (Wildman–Crippen LogP) is 4.68. The molecule has 0 spiro atoms. The maximum atomic E-state index is 15.0. The summed E-state index contributed by atoms with van der Waals surface area (Å²) in [6.45, 7) is 4.04. The summed E-state index contributed by atoms with van der Waals surface area (Å²) >= 11 is 0. The summed E-state index contributed by atoms with van der Waals surface area (Å²) in [7, 11) is 0. The average Bonchev–Trinajstić information content (AvgIpc) is 3.49. The van der Waals surface area contributed by atoms with Gasteiger partial charge in [-0.3, -0.25) is 9.78 Å². The van der Waals surface area contributed by atoms with Crippen LogP contribution in [0.5, 0.6) is 0 Å². The van der Waals surface area contributed by atoms with Gasteiger partial charge in [-0.1, -0.05) is 18.2 Å². The van der Waals surface area contributed by atoms with Crippen molar-refractivity contribution in [3.05, 3.63) is 76.0 Å².